The molecule has 49 heavy (non-hydrogen) atoms. The highest BCUT2D eigenvalue weighted by molar-refractivity contribution is 9.09. The van der Waals surface area contributed by atoms with Gasteiger partial charge < -0.3 is 33.5 Å². The summed E-state index contributed by atoms with van der Waals surface area (Å²) in [4.78, 5) is 38.2. The lowest BCUT2D eigenvalue weighted by atomic mass is 9.96. The number of fused-ring (bicyclic) bond motifs is 4. The van der Waals surface area contributed by atoms with Crippen LogP contribution in [0.15, 0.2) is 53.4 Å². The van der Waals surface area contributed by atoms with Crippen LogP contribution in [0.2, 0.25) is 18.1 Å². The summed E-state index contributed by atoms with van der Waals surface area (Å²) in [6.45, 7) is 13.3. The number of benzene rings is 3. The molecule has 0 bridgehead atoms. The van der Waals surface area contributed by atoms with Crippen LogP contribution >= 0.6 is 27.7 Å². The van der Waals surface area contributed by atoms with E-state index in [-0.39, 0.29) is 22.0 Å². The maximum atomic E-state index is 14.6. The highest BCUT2D eigenvalue weighted by Crippen LogP contribution is 2.50. The Labute approximate surface area is 300 Å². The Morgan fingerprint density at radius 2 is 1.65 bits per heavy atom. The molecule has 0 fully saturated rings. The second-order valence-corrected chi connectivity index (χ2v) is 20.2. The van der Waals surface area contributed by atoms with Crippen molar-refractivity contribution in [3.8, 4) is 23.0 Å². The number of carbonyl (C=O) groups excluding carboxylic acids is 2. The molecule has 258 valence electrons. The second-order valence-electron chi connectivity index (χ2n) is 13.8. The number of hydrogen-bond donors (Lipinski definition) is 2. The van der Waals surface area contributed by atoms with Crippen LogP contribution in [0.1, 0.15) is 58.8 Å². The van der Waals surface area contributed by atoms with E-state index in [9.17, 15) is 9.59 Å². The standard InChI is InChI=1S/C37H42BrN3O6SSi/c1-20-28(36(43)48-23-13-11-10-12-14-23)30-29-22(18-38)19-41(25(29)17-26(32(30)39-20)47-49(8,9)37(2,3)4)35(42)24-15-21-16-27(44-5)33(45-6)34(46-7)31(21)40-24/h10-17,22,39-40H,18-19H2,1-9H3. The first-order valence-electron chi connectivity index (χ1n) is 16.1. The van der Waals surface area contributed by atoms with Gasteiger partial charge in [0.2, 0.25) is 10.9 Å². The number of H-pyrrole nitrogens is 2. The summed E-state index contributed by atoms with van der Waals surface area (Å²) < 4.78 is 23.8. The predicted molar refractivity (Wildman–Crippen MR) is 204 cm³/mol. The molecule has 0 saturated heterocycles. The van der Waals surface area contributed by atoms with Crippen molar-refractivity contribution in [2.24, 2.45) is 0 Å². The van der Waals surface area contributed by atoms with Gasteiger partial charge in [0.25, 0.3) is 14.2 Å². The Balaban J connectivity index is 1.55. The van der Waals surface area contributed by atoms with Gasteiger partial charge in [0.05, 0.1) is 43.6 Å². The lowest BCUT2D eigenvalue weighted by Gasteiger charge is -2.36. The zero-order valence-corrected chi connectivity index (χ0v) is 32.7. The highest BCUT2D eigenvalue weighted by Gasteiger charge is 2.42. The first kappa shape index (κ1) is 35.0. The van der Waals surface area contributed by atoms with Crippen LogP contribution in [0.25, 0.3) is 21.8 Å². The summed E-state index contributed by atoms with van der Waals surface area (Å²) in [5, 5.41) is 2.01. The third-order valence-corrected chi connectivity index (χ3v) is 15.8. The third-order valence-electron chi connectivity index (χ3n) is 9.76. The van der Waals surface area contributed by atoms with Gasteiger partial charge in [-0.25, -0.2) is 0 Å². The largest absolute Gasteiger partial charge is 0.542 e. The SMILES string of the molecule is COc1cc2cc(C(=O)N3CC(CBr)c4c3cc(O[Si](C)(C)C(C)(C)C)c3[nH]c(C)c(C(=O)Sc5ccccc5)c43)[nH]c2c(OC)c1OC. The molecule has 1 aliphatic rings. The highest BCUT2D eigenvalue weighted by atomic mass is 79.9. The van der Waals surface area contributed by atoms with Gasteiger partial charge in [-0.05, 0) is 66.6 Å². The van der Waals surface area contributed by atoms with Crippen molar-refractivity contribution < 1.29 is 28.2 Å². The number of anilines is 1. The smallest absolute Gasteiger partial charge is 0.274 e. The maximum Gasteiger partial charge on any atom is 0.274 e. The fourth-order valence-corrected chi connectivity index (χ4v) is 8.67. The summed E-state index contributed by atoms with van der Waals surface area (Å²) >= 11 is 4.95. The Morgan fingerprint density at radius 3 is 2.27 bits per heavy atom. The third kappa shape index (κ3) is 6.01. The number of nitrogens with one attached hydrogen (secondary N) is 2. The summed E-state index contributed by atoms with van der Waals surface area (Å²) in [5.41, 5.74) is 4.85. The molecule has 1 amide bonds. The van der Waals surface area contributed by atoms with Crippen molar-refractivity contribution >= 4 is 74.5 Å². The van der Waals surface area contributed by atoms with Crippen molar-refractivity contribution in [3.05, 3.63) is 71.0 Å². The molecular weight excluding hydrogens is 722 g/mol. The summed E-state index contributed by atoms with van der Waals surface area (Å²) in [7, 11) is 2.32. The van der Waals surface area contributed by atoms with Gasteiger partial charge in [-0.1, -0.05) is 54.9 Å². The average molecular weight is 765 g/mol. The molecule has 1 unspecified atom stereocenters. The molecule has 9 nitrogen and oxygen atoms in total. The number of hydrogen-bond acceptors (Lipinski definition) is 7. The molecule has 12 heteroatoms. The molecule has 0 saturated carbocycles. The minimum absolute atomic E-state index is 0.0645. The summed E-state index contributed by atoms with van der Waals surface area (Å²) in [5.74, 6) is 1.74. The number of aryl methyl sites for hydroxylation is 1. The van der Waals surface area contributed by atoms with Crippen molar-refractivity contribution in [2.75, 3.05) is 38.1 Å². The molecule has 5 aromatic rings. The average Bonchev–Trinajstić information content (AvgIpc) is 3.76. The monoisotopic (exact) mass is 763 g/mol. The zero-order valence-electron chi connectivity index (χ0n) is 29.3. The molecule has 0 radical (unpaired) electrons. The number of methoxy groups -OCH3 is 3. The Morgan fingerprint density at radius 1 is 0.959 bits per heavy atom. The van der Waals surface area contributed by atoms with Crippen LogP contribution in [0.3, 0.4) is 0 Å². The first-order valence-corrected chi connectivity index (χ1v) is 20.9. The number of amides is 1. The van der Waals surface area contributed by atoms with Crippen LogP contribution < -0.4 is 23.5 Å². The summed E-state index contributed by atoms with van der Waals surface area (Å²) in [6.07, 6.45) is 0. The van der Waals surface area contributed by atoms with Crippen molar-refractivity contribution in [1.82, 2.24) is 9.97 Å². The number of thioether (sulfide) groups is 1. The number of aromatic nitrogens is 2. The fraction of sp³-hybridized carbons (Fsp3) is 0.351. The lowest BCUT2D eigenvalue weighted by Crippen LogP contribution is -2.44. The van der Waals surface area contributed by atoms with E-state index in [1.54, 1.807) is 32.3 Å². The molecule has 1 aliphatic heterocycles. The van der Waals surface area contributed by atoms with Crippen LogP contribution in [0.4, 0.5) is 5.69 Å². The molecule has 1 atom stereocenters. The molecule has 6 rings (SSSR count). The van der Waals surface area contributed by atoms with Gasteiger partial charge >= 0.3 is 0 Å². The van der Waals surface area contributed by atoms with E-state index in [0.717, 1.165) is 38.1 Å². The molecule has 3 heterocycles. The number of rotatable bonds is 9. The van der Waals surface area contributed by atoms with Gasteiger partial charge in [0.15, 0.2) is 11.5 Å². The van der Waals surface area contributed by atoms with Gasteiger partial charge in [-0.15, -0.1) is 0 Å². The number of nitrogens with zero attached hydrogens (tertiary/aromatic N) is 1. The molecular formula is C37H42BrN3O6SSi. The topological polar surface area (TPSA) is 106 Å². The number of ether oxygens (including phenoxy) is 3. The predicted octanol–water partition coefficient (Wildman–Crippen LogP) is 9.44. The lowest BCUT2D eigenvalue weighted by molar-refractivity contribution is 0.0984. The van der Waals surface area contributed by atoms with E-state index in [2.05, 4.69) is 59.8 Å². The van der Waals surface area contributed by atoms with E-state index in [0.29, 0.717) is 51.6 Å². The van der Waals surface area contributed by atoms with Gasteiger partial charge in [-0.3, -0.25) is 9.59 Å². The quantitative estimate of drug-likeness (QED) is 0.0876. The van der Waals surface area contributed by atoms with Crippen molar-refractivity contribution in [3.63, 3.8) is 0 Å². The Bertz CT molecular complexity index is 2090. The van der Waals surface area contributed by atoms with Gasteiger partial charge in [0, 0.05) is 45.2 Å². The molecule has 0 aliphatic carbocycles. The molecule has 2 N–H and O–H groups in total. The molecule has 0 spiro atoms. The Hall–Kier alpha value is -3.87. The molecule has 3 aromatic carbocycles. The number of alkyl halides is 1. The number of carbonyl (C=O) groups is 2. The van der Waals surface area contributed by atoms with Gasteiger partial charge in [0.1, 0.15) is 11.4 Å². The Kier molecular flexibility index (Phi) is 9.36. The van der Waals surface area contributed by atoms with E-state index < -0.39 is 8.32 Å². The van der Waals surface area contributed by atoms with Crippen LogP contribution in [-0.2, 0) is 0 Å². The minimum atomic E-state index is -2.35. The van der Waals surface area contributed by atoms with Crippen LogP contribution in [-0.4, -0.2) is 62.5 Å². The number of aromatic amines is 2. The van der Waals surface area contributed by atoms with Crippen LogP contribution in [0, 0.1) is 6.92 Å². The van der Waals surface area contributed by atoms with E-state index in [1.165, 1.54) is 11.8 Å². The van der Waals surface area contributed by atoms with E-state index in [1.807, 2.05) is 49.4 Å². The maximum absolute atomic E-state index is 14.6. The van der Waals surface area contributed by atoms with E-state index >= 15 is 0 Å². The molecule has 2 aromatic heterocycles. The summed E-state index contributed by atoms with van der Waals surface area (Å²) in [6, 6.07) is 15.3. The number of halogens is 1. The minimum Gasteiger partial charge on any atom is -0.542 e. The second kappa shape index (κ2) is 13.1. The van der Waals surface area contributed by atoms with Crippen molar-refractivity contribution in [2.45, 2.75) is 56.6 Å². The zero-order chi connectivity index (χ0) is 35.4. The van der Waals surface area contributed by atoms with Crippen molar-refractivity contribution in [1.29, 1.82) is 0 Å². The normalized spacial score (nSPS) is 14.7. The van der Waals surface area contributed by atoms with Gasteiger partial charge in [-0.2, -0.15) is 0 Å². The fourth-order valence-electron chi connectivity index (χ4n) is 6.26. The van der Waals surface area contributed by atoms with Crippen LogP contribution in [0.5, 0.6) is 23.0 Å². The van der Waals surface area contributed by atoms with E-state index in [4.69, 9.17) is 18.6 Å². The first-order chi connectivity index (χ1) is 23.2.